The third-order valence-electron chi connectivity index (χ3n) is 4.99. The Labute approximate surface area is 161 Å². The molecule has 0 bridgehead atoms. The van der Waals surface area contributed by atoms with Gasteiger partial charge in [-0.3, -0.25) is 19.7 Å². The van der Waals surface area contributed by atoms with Crippen LogP contribution in [0.3, 0.4) is 0 Å². The van der Waals surface area contributed by atoms with Gasteiger partial charge in [-0.2, -0.15) is 0 Å². The number of hydrogen-bond donors (Lipinski definition) is 2. The molecule has 28 heavy (non-hydrogen) atoms. The summed E-state index contributed by atoms with van der Waals surface area (Å²) in [5.41, 5.74) is 3.18. The van der Waals surface area contributed by atoms with Crippen molar-refractivity contribution >= 4 is 17.8 Å². The summed E-state index contributed by atoms with van der Waals surface area (Å²) in [6.07, 6.45) is 2.98. The summed E-state index contributed by atoms with van der Waals surface area (Å²) in [6.45, 7) is 1.95. The van der Waals surface area contributed by atoms with Gasteiger partial charge in [-0.15, -0.1) is 0 Å². The van der Waals surface area contributed by atoms with Crippen LogP contribution in [0, 0.1) is 5.82 Å². The van der Waals surface area contributed by atoms with Crippen molar-refractivity contribution in [3.05, 3.63) is 71.0 Å². The van der Waals surface area contributed by atoms with Crippen molar-refractivity contribution in [2.24, 2.45) is 0 Å². The summed E-state index contributed by atoms with van der Waals surface area (Å²) < 4.78 is 19.2. The van der Waals surface area contributed by atoms with Crippen molar-refractivity contribution in [2.75, 3.05) is 13.1 Å². The van der Waals surface area contributed by atoms with Crippen molar-refractivity contribution in [2.45, 2.75) is 18.6 Å². The summed E-state index contributed by atoms with van der Waals surface area (Å²) in [5, 5.41) is 8.52. The molecule has 1 fully saturated rings. The maximum absolute atomic E-state index is 13.0. The van der Waals surface area contributed by atoms with E-state index in [1.165, 1.54) is 29.8 Å². The smallest absolute Gasteiger partial charge is 0.267 e. The Morgan fingerprint density at radius 3 is 2.71 bits per heavy atom. The van der Waals surface area contributed by atoms with Gasteiger partial charge in [-0.05, 0) is 41.5 Å². The predicted octanol–water partition coefficient (Wildman–Crippen LogP) is 2.56. The van der Waals surface area contributed by atoms with Crippen molar-refractivity contribution in [1.29, 1.82) is 0 Å². The summed E-state index contributed by atoms with van der Waals surface area (Å²) in [6, 6.07) is 11.6. The largest absolute Gasteiger partial charge is 0.483 e. The van der Waals surface area contributed by atoms with E-state index in [0.29, 0.717) is 42.9 Å². The second-order valence-electron chi connectivity index (χ2n) is 7.22. The van der Waals surface area contributed by atoms with Crippen LogP contribution in [0.4, 0.5) is 4.39 Å². The Bertz CT molecular complexity index is 949. The zero-order valence-corrected chi connectivity index (χ0v) is 15.0. The first kappa shape index (κ1) is 18.3. The van der Waals surface area contributed by atoms with Gasteiger partial charge in [0, 0.05) is 25.7 Å². The summed E-state index contributed by atoms with van der Waals surface area (Å²) >= 11 is 0. The predicted molar refractivity (Wildman–Crippen MR) is 99.4 cm³/mol. The number of Topliss-reactive ketones (excluding diaryl/α,β-unsaturated/α-hetero) is 1. The number of nitrogens with one attached hydrogen (secondary N) is 1. The molecule has 0 aliphatic carbocycles. The summed E-state index contributed by atoms with van der Waals surface area (Å²) in [4.78, 5) is 25.9. The minimum Gasteiger partial charge on any atom is -0.483 e. The number of carbonyl (C=O) groups excluding carboxylic acids is 2. The van der Waals surface area contributed by atoms with Gasteiger partial charge in [0.1, 0.15) is 17.2 Å². The molecule has 0 radical (unpaired) electrons. The van der Waals surface area contributed by atoms with E-state index < -0.39 is 11.5 Å². The van der Waals surface area contributed by atoms with Crippen LogP contribution >= 0.6 is 0 Å². The van der Waals surface area contributed by atoms with E-state index >= 15 is 0 Å². The van der Waals surface area contributed by atoms with Crippen molar-refractivity contribution in [3.8, 4) is 5.75 Å². The second-order valence-corrected chi connectivity index (χ2v) is 7.22. The van der Waals surface area contributed by atoms with E-state index in [2.05, 4.69) is 4.90 Å². The Morgan fingerprint density at radius 1 is 1.25 bits per heavy atom. The minimum absolute atomic E-state index is 0.00421. The summed E-state index contributed by atoms with van der Waals surface area (Å²) in [7, 11) is 0. The van der Waals surface area contributed by atoms with Gasteiger partial charge < -0.3 is 4.74 Å². The summed E-state index contributed by atoms with van der Waals surface area (Å²) in [5.74, 6) is -0.353. The third kappa shape index (κ3) is 3.67. The Hall–Kier alpha value is -3.03. The lowest BCUT2D eigenvalue weighted by molar-refractivity contribution is -0.124. The molecule has 1 amide bonds. The number of hydrogen-bond acceptors (Lipinski definition) is 5. The molecule has 144 valence electrons. The minimum atomic E-state index is -0.644. The fourth-order valence-electron chi connectivity index (χ4n) is 3.73. The normalized spacial score (nSPS) is 17.9. The fraction of sp³-hybridized carbons (Fsp3) is 0.238. The van der Waals surface area contributed by atoms with Gasteiger partial charge in [0.15, 0.2) is 5.78 Å². The van der Waals surface area contributed by atoms with Crippen molar-refractivity contribution < 1.29 is 23.9 Å². The van der Waals surface area contributed by atoms with Gasteiger partial charge in [0.2, 0.25) is 0 Å². The molecule has 2 aromatic rings. The van der Waals surface area contributed by atoms with Crippen LogP contribution in [0.25, 0.3) is 6.08 Å². The van der Waals surface area contributed by atoms with E-state index in [0.717, 1.165) is 5.56 Å². The highest BCUT2D eigenvalue weighted by atomic mass is 19.1. The second kappa shape index (κ2) is 7.18. The first-order valence-electron chi connectivity index (χ1n) is 8.92. The SMILES string of the molecule is O=C(/C=C/c1ccc2c(c1)C(=O)CC1(CN(Cc3ccc(F)cc3)C1)O2)NO. The number of nitrogens with zero attached hydrogens (tertiary/aromatic N) is 1. The zero-order chi connectivity index (χ0) is 19.7. The molecule has 1 saturated heterocycles. The molecule has 0 unspecified atom stereocenters. The van der Waals surface area contributed by atoms with Crippen LogP contribution in [0.2, 0.25) is 0 Å². The van der Waals surface area contributed by atoms with Gasteiger partial charge in [0.25, 0.3) is 5.91 Å². The van der Waals surface area contributed by atoms with Crippen molar-refractivity contribution in [1.82, 2.24) is 10.4 Å². The highest BCUT2D eigenvalue weighted by molar-refractivity contribution is 6.01. The van der Waals surface area contributed by atoms with E-state index in [-0.39, 0.29) is 11.6 Å². The lowest BCUT2D eigenvalue weighted by atomic mass is 9.83. The molecule has 6 nitrogen and oxygen atoms in total. The number of carbonyl (C=O) groups is 2. The molecule has 2 aromatic carbocycles. The quantitative estimate of drug-likeness (QED) is 0.483. The number of fused-ring (bicyclic) bond motifs is 1. The lowest BCUT2D eigenvalue weighted by Crippen LogP contribution is -2.66. The molecule has 7 heteroatoms. The molecule has 2 aliphatic rings. The zero-order valence-electron chi connectivity index (χ0n) is 15.0. The number of benzene rings is 2. The monoisotopic (exact) mass is 382 g/mol. The molecule has 0 atom stereocenters. The van der Waals surface area contributed by atoms with Crippen molar-refractivity contribution in [3.63, 3.8) is 0 Å². The molecule has 2 N–H and O–H groups in total. The highest BCUT2D eigenvalue weighted by Gasteiger charge is 2.49. The third-order valence-corrected chi connectivity index (χ3v) is 4.99. The van der Waals surface area contributed by atoms with E-state index in [9.17, 15) is 14.0 Å². The fourth-order valence-corrected chi connectivity index (χ4v) is 3.73. The van der Waals surface area contributed by atoms with Crippen LogP contribution in [0.1, 0.15) is 27.9 Å². The standard InChI is InChI=1S/C21H19FN2O4/c22-16-5-1-15(2-6-16)11-24-12-21(13-24)10-18(25)17-9-14(3-7-19(17)28-21)4-8-20(26)23-27/h1-9,27H,10-13H2,(H,23,26)/b8-4+. The maximum atomic E-state index is 13.0. The number of hydroxylamine groups is 1. The molecule has 1 spiro atoms. The van der Waals surface area contributed by atoms with Crippen LogP contribution in [0.5, 0.6) is 5.75 Å². The van der Waals surface area contributed by atoms with Crippen LogP contribution in [0.15, 0.2) is 48.5 Å². The van der Waals surface area contributed by atoms with E-state index in [1.54, 1.807) is 30.3 Å². The Morgan fingerprint density at radius 2 is 2.00 bits per heavy atom. The average Bonchev–Trinajstić information content (AvgIpc) is 2.67. The van der Waals surface area contributed by atoms with Gasteiger partial charge in [-0.25, -0.2) is 9.87 Å². The van der Waals surface area contributed by atoms with Crippen LogP contribution < -0.4 is 10.2 Å². The molecular weight excluding hydrogens is 363 g/mol. The number of ketones is 1. The first-order chi connectivity index (χ1) is 13.5. The number of rotatable bonds is 4. The van der Waals surface area contributed by atoms with Gasteiger partial charge in [0.05, 0.1) is 12.0 Å². The molecule has 0 aromatic heterocycles. The Balaban J connectivity index is 1.43. The number of amides is 1. The number of ether oxygens (including phenoxy) is 1. The lowest BCUT2D eigenvalue weighted by Gasteiger charge is -2.51. The maximum Gasteiger partial charge on any atom is 0.267 e. The first-order valence-corrected chi connectivity index (χ1v) is 8.92. The molecule has 2 heterocycles. The highest BCUT2D eigenvalue weighted by Crippen LogP contribution is 2.39. The van der Waals surface area contributed by atoms with Crippen LogP contribution in [-0.2, 0) is 11.3 Å². The van der Waals surface area contributed by atoms with Crippen LogP contribution in [-0.4, -0.2) is 40.5 Å². The molecule has 0 saturated carbocycles. The number of likely N-dealkylation sites (tertiary alicyclic amines) is 1. The topological polar surface area (TPSA) is 78.9 Å². The number of halogens is 1. The average molecular weight is 382 g/mol. The molecule has 4 rings (SSSR count). The van der Waals surface area contributed by atoms with E-state index in [1.807, 2.05) is 0 Å². The van der Waals surface area contributed by atoms with Gasteiger partial charge in [-0.1, -0.05) is 18.2 Å². The molecular formula is C21H19FN2O4. The Kier molecular flexibility index (Phi) is 4.70. The van der Waals surface area contributed by atoms with Gasteiger partial charge >= 0.3 is 0 Å². The van der Waals surface area contributed by atoms with E-state index in [4.69, 9.17) is 9.94 Å². The molecule has 2 aliphatic heterocycles.